The zero-order chi connectivity index (χ0) is 17.3. The van der Waals surface area contributed by atoms with Gasteiger partial charge in [-0.15, -0.1) is 11.3 Å². The number of carboxylic acids is 1. The van der Waals surface area contributed by atoms with Crippen LogP contribution in [-0.4, -0.2) is 34.1 Å². The number of thiazole rings is 1. The second-order valence-electron chi connectivity index (χ2n) is 5.09. The Kier molecular flexibility index (Phi) is 4.50. The van der Waals surface area contributed by atoms with Crippen LogP contribution in [0.3, 0.4) is 0 Å². The number of methoxy groups -OCH3 is 1. The van der Waals surface area contributed by atoms with E-state index in [9.17, 15) is 9.90 Å². The molecule has 2 heterocycles. The number of rotatable bonds is 5. The molecule has 0 fully saturated rings. The highest BCUT2D eigenvalue weighted by molar-refractivity contribution is 7.73. The van der Waals surface area contributed by atoms with Crippen molar-refractivity contribution in [2.75, 3.05) is 7.11 Å². The Balaban J connectivity index is 1.97. The third-order valence-electron chi connectivity index (χ3n) is 3.59. The fourth-order valence-electron chi connectivity index (χ4n) is 2.36. The van der Waals surface area contributed by atoms with E-state index in [1.165, 1.54) is 15.9 Å². The highest BCUT2D eigenvalue weighted by atomic mass is 32.1. The van der Waals surface area contributed by atoms with Gasteiger partial charge in [-0.1, -0.05) is 0 Å². The summed E-state index contributed by atoms with van der Waals surface area (Å²) in [7, 11) is 1.60. The van der Waals surface area contributed by atoms with Gasteiger partial charge in [0.25, 0.3) is 0 Å². The predicted molar refractivity (Wildman–Crippen MR) is 96.1 cm³/mol. The number of aliphatic carboxylic acids is 1. The molecule has 3 rings (SSSR count). The van der Waals surface area contributed by atoms with Gasteiger partial charge in [0.2, 0.25) is 5.88 Å². The largest absolute Gasteiger partial charge is 0.497 e. The van der Waals surface area contributed by atoms with Crippen molar-refractivity contribution in [2.45, 2.75) is 13.0 Å². The maximum Gasteiger partial charge on any atom is 0.305 e. The molecule has 0 spiro atoms. The summed E-state index contributed by atoms with van der Waals surface area (Å²) >= 11 is 6.45. The Bertz CT molecular complexity index is 925. The topological polar surface area (TPSA) is 84.0 Å². The standard InChI is InChI=1S/C16H14N2O4S2/c1-22-10-2-3-12-11(7-10)9(8-17-12)6-13-15(21)18(16(23)24-13)5-4-14(19)20/h2-3,6-8,21H,4-5H2,1H3,(H,19,20)/b9-6-. The number of aromatic nitrogens is 1. The number of carbonyl (C=O) groups is 1. The highest BCUT2D eigenvalue weighted by Crippen LogP contribution is 2.37. The van der Waals surface area contributed by atoms with Crippen LogP contribution in [0.15, 0.2) is 23.2 Å². The Morgan fingerprint density at radius 1 is 1.50 bits per heavy atom. The quantitative estimate of drug-likeness (QED) is 0.792. The van der Waals surface area contributed by atoms with Gasteiger partial charge in [0.15, 0.2) is 3.95 Å². The fourth-order valence-corrected chi connectivity index (χ4v) is 3.67. The first kappa shape index (κ1) is 16.4. The zero-order valence-corrected chi connectivity index (χ0v) is 14.4. The lowest BCUT2D eigenvalue weighted by atomic mass is 10.1. The molecule has 0 saturated carbocycles. The molecule has 2 aromatic rings. The van der Waals surface area contributed by atoms with E-state index < -0.39 is 5.97 Å². The molecule has 0 amide bonds. The smallest absolute Gasteiger partial charge is 0.305 e. The van der Waals surface area contributed by atoms with E-state index in [-0.39, 0.29) is 18.8 Å². The number of ether oxygens (including phenoxy) is 1. The molecule has 0 atom stereocenters. The Hall–Kier alpha value is -2.45. The van der Waals surface area contributed by atoms with E-state index in [1.54, 1.807) is 19.4 Å². The van der Waals surface area contributed by atoms with E-state index in [4.69, 9.17) is 22.1 Å². The van der Waals surface area contributed by atoms with Crippen LogP contribution in [0.2, 0.25) is 0 Å². The van der Waals surface area contributed by atoms with E-state index in [0.717, 1.165) is 22.6 Å². The van der Waals surface area contributed by atoms with Gasteiger partial charge in [-0.3, -0.25) is 14.4 Å². The number of allylic oxidation sites excluding steroid dienone is 1. The molecule has 1 aromatic heterocycles. The van der Waals surface area contributed by atoms with Crippen molar-refractivity contribution in [3.63, 3.8) is 0 Å². The summed E-state index contributed by atoms with van der Waals surface area (Å²) in [4.78, 5) is 15.6. The van der Waals surface area contributed by atoms with Crippen LogP contribution in [0, 0.1) is 3.95 Å². The highest BCUT2D eigenvalue weighted by Gasteiger charge is 2.16. The van der Waals surface area contributed by atoms with Crippen LogP contribution in [0.4, 0.5) is 5.69 Å². The lowest BCUT2D eigenvalue weighted by Gasteiger charge is -2.04. The molecule has 0 radical (unpaired) electrons. The lowest BCUT2D eigenvalue weighted by molar-refractivity contribution is -0.137. The van der Waals surface area contributed by atoms with Crippen molar-refractivity contribution < 1.29 is 19.7 Å². The average Bonchev–Trinajstić information content (AvgIpc) is 3.07. The molecule has 8 heteroatoms. The summed E-state index contributed by atoms with van der Waals surface area (Å²) in [5.74, 6) is -0.240. The molecule has 24 heavy (non-hydrogen) atoms. The summed E-state index contributed by atoms with van der Waals surface area (Å²) in [6.07, 6.45) is 3.41. The van der Waals surface area contributed by atoms with E-state index in [2.05, 4.69) is 4.99 Å². The normalized spacial score (nSPS) is 14.1. The van der Waals surface area contributed by atoms with Crippen molar-refractivity contribution in [2.24, 2.45) is 4.99 Å². The van der Waals surface area contributed by atoms with Crippen LogP contribution < -0.4 is 4.74 Å². The van der Waals surface area contributed by atoms with E-state index in [0.29, 0.717) is 8.83 Å². The summed E-state index contributed by atoms with van der Waals surface area (Å²) in [5.41, 5.74) is 2.57. The third kappa shape index (κ3) is 3.10. The average molecular weight is 362 g/mol. The van der Waals surface area contributed by atoms with Gasteiger partial charge in [-0.05, 0) is 36.5 Å². The van der Waals surface area contributed by atoms with Gasteiger partial charge in [0, 0.05) is 23.9 Å². The van der Waals surface area contributed by atoms with Crippen molar-refractivity contribution in [3.8, 4) is 11.6 Å². The summed E-state index contributed by atoms with van der Waals surface area (Å²) in [5, 5.41) is 19.1. The fraction of sp³-hybridized carbons (Fsp3) is 0.188. The van der Waals surface area contributed by atoms with Crippen molar-refractivity contribution in [1.29, 1.82) is 0 Å². The first-order valence-electron chi connectivity index (χ1n) is 7.08. The number of hydrogen-bond acceptors (Lipinski definition) is 6. The predicted octanol–water partition coefficient (Wildman–Crippen LogP) is 3.72. The lowest BCUT2D eigenvalue weighted by Crippen LogP contribution is -2.03. The number of nitrogens with zero attached hydrogens (tertiary/aromatic N) is 2. The second-order valence-corrected chi connectivity index (χ2v) is 6.77. The van der Waals surface area contributed by atoms with E-state index in [1.807, 2.05) is 18.2 Å². The SMILES string of the molecule is COc1ccc2c(c1)/C(=C\c1sc(=S)n(CCC(=O)O)c1O)C=N2. The van der Waals surface area contributed by atoms with Crippen LogP contribution in [-0.2, 0) is 11.3 Å². The molecule has 124 valence electrons. The molecule has 1 aromatic carbocycles. The number of aliphatic imine (C=N–C) groups is 1. The van der Waals surface area contributed by atoms with E-state index >= 15 is 0 Å². The van der Waals surface area contributed by atoms with Crippen molar-refractivity contribution >= 4 is 53.1 Å². The van der Waals surface area contributed by atoms with Crippen LogP contribution in [0.1, 0.15) is 16.9 Å². The molecule has 1 aliphatic heterocycles. The van der Waals surface area contributed by atoms with Gasteiger partial charge in [-0.25, -0.2) is 0 Å². The van der Waals surface area contributed by atoms with Gasteiger partial charge in [0.05, 0.1) is 24.1 Å². The number of hydrogen-bond donors (Lipinski definition) is 2. The van der Waals surface area contributed by atoms with Crippen LogP contribution >= 0.6 is 23.6 Å². The zero-order valence-electron chi connectivity index (χ0n) is 12.7. The number of fused-ring (bicyclic) bond motifs is 1. The monoisotopic (exact) mass is 362 g/mol. The Labute approximate surface area is 147 Å². The van der Waals surface area contributed by atoms with Crippen LogP contribution in [0.25, 0.3) is 11.6 Å². The van der Waals surface area contributed by atoms with Gasteiger partial charge < -0.3 is 14.9 Å². The van der Waals surface area contributed by atoms with Gasteiger partial charge in [0.1, 0.15) is 5.75 Å². The Morgan fingerprint density at radius 3 is 3.00 bits per heavy atom. The molecular formula is C16H14N2O4S2. The maximum atomic E-state index is 10.7. The maximum absolute atomic E-state index is 10.7. The first-order valence-corrected chi connectivity index (χ1v) is 8.30. The third-order valence-corrected chi connectivity index (χ3v) is 4.97. The molecule has 0 bridgehead atoms. The molecule has 1 aliphatic rings. The van der Waals surface area contributed by atoms with Gasteiger partial charge in [-0.2, -0.15) is 0 Å². The van der Waals surface area contributed by atoms with Crippen LogP contribution in [0.5, 0.6) is 11.6 Å². The molecule has 2 N–H and O–H groups in total. The number of benzene rings is 1. The first-order chi connectivity index (χ1) is 11.5. The molecular weight excluding hydrogens is 348 g/mol. The summed E-state index contributed by atoms with van der Waals surface area (Å²) in [6.45, 7) is 0.137. The summed E-state index contributed by atoms with van der Waals surface area (Å²) < 4.78 is 7.09. The minimum absolute atomic E-state index is 0.0245. The summed E-state index contributed by atoms with van der Waals surface area (Å²) in [6, 6.07) is 5.58. The minimum atomic E-state index is -0.939. The Morgan fingerprint density at radius 2 is 2.29 bits per heavy atom. The molecule has 0 aliphatic carbocycles. The van der Waals surface area contributed by atoms with Crippen molar-refractivity contribution in [3.05, 3.63) is 32.6 Å². The van der Waals surface area contributed by atoms with Crippen molar-refractivity contribution in [1.82, 2.24) is 4.57 Å². The molecule has 6 nitrogen and oxygen atoms in total. The second kappa shape index (κ2) is 6.58. The number of aromatic hydroxyl groups is 1. The molecule has 0 unspecified atom stereocenters. The molecule has 0 saturated heterocycles. The van der Waals surface area contributed by atoms with Gasteiger partial charge >= 0.3 is 5.97 Å². The number of carboxylic acid groups (broad SMARTS) is 1. The minimum Gasteiger partial charge on any atom is -0.497 e.